The van der Waals surface area contributed by atoms with Crippen LogP contribution in [-0.4, -0.2) is 9.97 Å². The van der Waals surface area contributed by atoms with Crippen molar-refractivity contribution in [1.29, 1.82) is 0 Å². The Morgan fingerprint density at radius 3 is 1.34 bits per heavy atom. The minimum atomic E-state index is -0.500. The van der Waals surface area contributed by atoms with Gasteiger partial charge in [0.25, 0.3) is 0 Å². The van der Waals surface area contributed by atoms with Crippen LogP contribution in [0, 0.1) is 0 Å². The highest BCUT2D eigenvalue weighted by Crippen LogP contribution is 2.57. The number of fused-ring (bicyclic) bond motifs is 4. The van der Waals surface area contributed by atoms with Crippen LogP contribution in [0.5, 0.6) is 0 Å². The first-order valence-electron chi connectivity index (χ1n) is 16.7. The van der Waals surface area contributed by atoms with Gasteiger partial charge in [-0.3, -0.25) is 0 Å². The molecule has 0 saturated carbocycles. The fraction of sp³-hybridized carbons (Fsp3) is 0.0222. The van der Waals surface area contributed by atoms with E-state index in [2.05, 4.69) is 138 Å². The number of hydrogen-bond acceptors (Lipinski definition) is 5. The molecule has 0 N–H and O–H groups in total. The number of rotatable bonds is 5. The molecule has 0 atom stereocenters. The van der Waals surface area contributed by atoms with Crippen molar-refractivity contribution in [2.24, 2.45) is 0 Å². The normalized spacial score (nSPS) is 13.3. The molecule has 0 aliphatic carbocycles. The highest BCUT2D eigenvalue weighted by molar-refractivity contribution is 5.92. The van der Waals surface area contributed by atoms with Gasteiger partial charge in [0, 0.05) is 28.9 Å². The second-order valence-electron chi connectivity index (χ2n) is 12.6. The summed E-state index contributed by atoms with van der Waals surface area (Å²) in [4.78, 5) is 11.9. The summed E-state index contributed by atoms with van der Waals surface area (Å²) in [5.74, 6) is 1.13. The lowest BCUT2D eigenvalue weighted by Gasteiger charge is -2.46. The summed E-state index contributed by atoms with van der Waals surface area (Å²) in [7, 11) is 0. The van der Waals surface area contributed by atoms with Gasteiger partial charge < -0.3 is 13.7 Å². The van der Waals surface area contributed by atoms with Crippen LogP contribution in [0.4, 0.5) is 17.1 Å². The lowest BCUT2D eigenvalue weighted by atomic mass is 9.62. The van der Waals surface area contributed by atoms with Crippen LogP contribution in [0.15, 0.2) is 185 Å². The van der Waals surface area contributed by atoms with Gasteiger partial charge in [-0.1, -0.05) is 115 Å². The van der Waals surface area contributed by atoms with E-state index >= 15 is 0 Å². The maximum absolute atomic E-state index is 6.29. The van der Waals surface area contributed by atoms with Crippen LogP contribution >= 0.6 is 0 Å². The number of anilines is 3. The third-order valence-corrected chi connectivity index (χ3v) is 9.80. The second kappa shape index (κ2) is 11.2. The van der Waals surface area contributed by atoms with Crippen molar-refractivity contribution in [3.8, 4) is 22.9 Å². The zero-order valence-corrected chi connectivity index (χ0v) is 26.9. The molecule has 0 unspecified atom stereocenters. The lowest BCUT2D eigenvalue weighted by molar-refractivity contribution is 0.618. The first kappa shape index (κ1) is 28.3. The molecule has 3 heterocycles. The molecule has 0 fully saturated rings. The van der Waals surface area contributed by atoms with Crippen LogP contribution in [0.1, 0.15) is 22.3 Å². The number of para-hydroxylation sites is 2. The Labute approximate surface area is 288 Å². The number of aromatic nitrogens is 2. The predicted molar refractivity (Wildman–Crippen MR) is 199 cm³/mol. The van der Waals surface area contributed by atoms with Gasteiger partial charge in [0.15, 0.2) is 11.2 Å². The highest BCUT2D eigenvalue weighted by atomic mass is 16.4. The van der Waals surface area contributed by atoms with Crippen molar-refractivity contribution in [2.75, 3.05) is 4.90 Å². The standard InChI is InChI=1S/C45H29N3O2/c1-4-14-30(15-5-1)43-46-37-28-42-38(29-41(37)49-43)47-44(50-42)31-24-26-34(27-25-31)48-39-22-12-10-20-35(39)45(32-16-6-2-7-17-32,33-18-8-3-9-19-33)36-21-11-13-23-40(36)48/h1-29H. The Hall–Kier alpha value is -6.72. The molecular formula is C45H29N3O2. The summed E-state index contributed by atoms with van der Waals surface area (Å²) in [6.45, 7) is 0. The van der Waals surface area contributed by atoms with Gasteiger partial charge in [0.1, 0.15) is 11.0 Å². The molecule has 1 aliphatic rings. The van der Waals surface area contributed by atoms with Crippen molar-refractivity contribution in [1.82, 2.24) is 9.97 Å². The molecule has 1 aliphatic heterocycles. The lowest BCUT2D eigenvalue weighted by Crippen LogP contribution is -2.37. The van der Waals surface area contributed by atoms with Gasteiger partial charge in [0.2, 0.25) is 11.8 Å². The molecule has 7 aromatic carbocycles. The Morgan fingerprint density at radius 1 is 0.420 bits per heavy atom. The third kappa shape index (κ3) is 4.27. The van der Waals surface area contributed by atoms with E-state index in [0.717, 1.165) is 39.2 Å². The first-order valence-corrected chi connectivity index (χ1v) is 16.7. The molecule has 10 rings (SSSR count). The van der Waals surface area contributed by atoms with Crippen LogP contribution < -0.4 is 4.90 Å². The van der Waals surface area contributed by atoms with Gasteiger partial charge in [-0.05, 0) is 70.8 Å². The molecule has 0 radical (unpaired) electrons. The van der Waals surface area contributed by atoms with Crippen LogP contribution in [0.2, 0.25) is 0 Å². The van der Waals surface area contributed by atoms with E-state index in [9.17, 15) is 0 Å². The molecule has 0 bridgehead atoms. The number of nitrogens with zero attached hydrogens (tertiary/aromatic N) is 3. The molecule has 0 amide bonds. The predicted octanol–water partition coefficient (Wildman–Crippen LogP) is 11.5. The Morgan fingerprint density at radius 2 is 0.840 bits per heavy atom. The molecule has 2 aromatic heterocycles. The number of benzene rings is 7. The van der Waals surface area contributed by atoms with Crippen molar-refractivity contribution >= 4 is 39.3 Å². The summed E-state index contributed by atoms with van der Waals surface area (Å²) in [6.07, 6.45) is 0. The van der Waals surface area contributed by atoms with E-state index in [0.29, 0.717) is 22.9 Å². The van der Waals surface area contributed by atoms with E-state index in [4.69, 9.17) is 18.8 Å². The Balaban J connectivity index is 1.07. The Bertz CT molecular complexity index is 2500. The topological polar surface area (TPSA) is 55.3 Å². The third-order valence-electron chi connectivity index (χ3n) is 9.80. The van der Waals surface area contributed by atoms with E-state index in [1.54, 1.807) is 0 Å². The first-order chi connectivity index (χ1) is 24.8. The molecule has 236 valence electrons. The summed E-state index contributed by atoms with van der Waals surface area (Å²) < 4.78 is 12.4. The zero-order chi connectivity index (χ0) is 33.1. The van der Waals surface area contributed by atoms with Crippen molar-refractivity contribution in [3.05, 3.63) is 198 Å². The molecule has 0 saturated heterocycles. The smallest absolute Gasteiger partial charge is 0.227 e. The average molecular weight is 644 g/mol. The van der Waals surface area contributed by atoms with Crippen LogP contribution in [0.25, 0.3) is 45.1 Å². The monoisotopic (exact) mass is 643 g/mol. The fourth-order valence-electron chi connectivity index (χ4n) is 7.62. The minimum Gasteiger partial charge on any atom is -0.436 e. The summed E-state index contributed by atoms with van der Waals surface area (Å²) in [6, 6.07) is 61.4. The number of hydrogen-bond donors (Lipinski definition) is 0. The van der Waals surface area contributed by atoms with Gasteiger partial charge in [-0.15, -0.1) is 0 Å². The van der Waals surface area contributed by atoms with Crippen molar-refractivity contribution in [3.63, 3.8) is 0 Å². The number of oxazole rings is 2. The summed E-state index contributed by atoms with van der Waals surface area (Å²) in [5.41, 5.74) is 12.4. The molecule has 0 spiro atoms. The van der Waals surface area contributed by atoms with E-state index in [1.165, 1.54) is 22.3 Å². The van der Waals surface area contributed by atoms with Crippen LogP contribution in [0.3, 0.4) is 0 Å². The van der Waals surface area contributed by atoms with E-state index in [-0.39, 0.29) is 0 Å². The second-order valence-corrected chi connectivity index (χ2v) is 12.6. The molecule has 5 heteroatoms. The van der Waals surface area contributed by atoms with Crippen LogP contribution in [-0.2, 0) is 5.41 Å². The maximum atomic E-state index is 6.29. The zero-order valence-electron chi connectivity index (χ0n) is 26.9. The Kier molecular flexibility index (Phi) is 6.33. The fourth-order valence-corrected chi connectivity index (χ4v) is 7.62. The maximum Gasteiger partial charge on any atom is 0.227 e. The molecule has 5 nitrogen and oxygen atoms in total. The van der Waals surface area contributed by atoms with Gasteiger partial charge in [-0.25, -0.2) is 9.97 Å². The van der Waals surface area contributed by atoms with Gasteiger partial charge in [-0.2, -0.15) is 0 Å². The molecule has 9 aromatic rings. The SMILES string of the molecule is c1ccc(-c2nc3cc4oc(-c5ccc(N6c7ccccc7C(c7ccccc7)(c7ccccc7)c7ccccc76)cc5)nc4cc3o2)cc1. The summed E-state index contributed by atoms with van der Waals surface area (Å²) in [5, 5.41) is 0. The van der Waals surface area contributed by atoms with Crippen molar-refractivity contribution in [2.45, 2.75) is 5.41 Å². The van der Waals surface area contributed by atoms with Crippen molar-refractivity contribution < 1.29 is 8.83 Å². The summed E-state index contributed by atoms with van der Waals surface area (Å²) >= 11 is 0. The van der Waals surface area contributed by atoms with E-state index in [1.807, 2.05) is 42.5 Å². The minimum absolute atomic E-state index is 0.500. The van der Waals surface area contributed by atoms with E-state index < -0.39 is 5.41 Å². The molecule has 50 heavy (non-hydrogen) atoms. The molecular weight excluding hydrogens is 615 g/mol. The quantitative estimate of drug-likeness (QED) is 0.187. The largest absolute Gasteiger partial charge is 0.436 e. The van der Waals surface area contributed by atoms with Gasteiger partial charge in [0.05, 0.1) is 16.8 Å². The highest BCUT2D eigenvalue weighted by Gasteiger charge is 2.46. The van der Waals surface area contributed by atoms with Gasteiger partial charge >= 0.3 is 0 Å². The average Bonchev–Trinajstić information content (AvgIpc) is 3.81.